The van der Waals surface area contributed by atoms with E-state index < -0.39 is 0 Å². The lowest BCUT2D eigenvalue weighted by Gasteiger charge is -2.39. The predicted molar refractivity (Wildman–Crippen MR) is 87.0 cm³/mol. The summed E-state index contributed by atoms with van der Waals surface area (Å²) in [6.45, 7) is 6.12. The average Bonchev–Trinajstić information content (AvgIpc) is 2.95. The first-order chi connectivity index (χ1) is 10.3. The van der Waals surface area contributed by atoms with Crippen LogP contribution in [0.5, 0.6) is 5.75 Å². The van der Waals surface area contributed by atoms with Crippen molar-refractivity contribution in [2.24, 2.45) is 0 Å². The molecule has 1 atom stereocenters. The Morgan fingerprint density at radius 3 is 2.67 bits per heavy atom. The molecule has 1 aliphatic carbocycles. The zero-order valence-corrected chi connectivity index (χ0v) is 13.3. The Bertz CT molecular complexity index is 450. The minimum absolute atomic E-state index is 0.603. The van der Waals surface area contributed by atoms with E-state index in [0.29, 0.717) is 18.0 Å². The molecule has 1 saturated heterocycles. The van der Waals surface area contributed by atoms with E-state index in [-0.39, 0.29) is 0 Å². The van der Waals surface area contributed by atoms with Crippen LogP contribution in [0.15, 0.2) is 24.3 Å². The first kappa shape index (κ1) is 14.9. The summed E-state index contributed by atoms with van der Waals surface area (Å²) in [6, 6.07) is 9.74. The molecule has 0 spiro atoms. The quantitative estimate of drug-likeness (QED) is 0.871. The molecule has 116 valence electrons. The maximum absolute atomic E-state index is 5.48. The fraction of sp³-hybridized carbons (Fsp3) is 0.667. The number of ether oxygens (including phenoxy) is 1. The zero-order valence-electron chi connectivity index (χ0n) is 13.3. The SMILES string of the molecule is COc1ccccc1C1CC(NC(C)CN2CCCC2)C1. The molecule has 0 aromatic heterocycles. The number of hydrogen-bond acceptors (Lipinski definition) is 3. The molecule has 1 aromatic carbocycles. The minimum atomic E-state index is 0.603. The lowest BCUT2D eigenvalue weighted by atomic mass is 9.75. The van der Waals surface area contributed by atoms with Gasteiger partial charge in [0.15, 0.2) is 0 Å². The molecule has 3 heteroatoms. The highest BCUT2D eigenvalue weighted by molar-refractivity contribution is 5.37. The Labute approximate surface area is 128 Å². The summed E-state index contributed by atoms with van der Waals surface area (Å²) < 4.78 is 5.48. The number of methoxy groups -OCH3 is 1. The monoisotopic (exact) mass is 288 g/mol. The van der Waals surface area contributed by atoms with Gasteiger partial charge in [0.2, 0.25) is 0 Å². The zero-order chi connectivity index (χ0) is 14.7. The highest BCUT2D eigenvalue weighted by Crippen LogP contribution is 2.41. The van der Waals surface area contributed by atoms with Crippen LogP contribution in [0.2, 0.25) is 0 Å². The Kier molecular flexibility index (Phi) is 4.81. The maximum atomic E-state index is 5.48. The van der Waals surface area contributed by atoms with Crippen LogP contribution in [0.25, 0.3) is 0 Å². The van der Waals surface area contributed by atoms with Crippen molar-refractivity contribution in [2.45, 2.75) is 50.6 Å². The Hall–Kier alpha value is -1.06. The van der Waals surface area contributed by atoms with Crippen molar-refractivity contribution in [1.29, 1.82) is 0 Å². The van der Waals surface area contributed by atoms with Crippen LogP contribution in [0.3, 0.4) is 0 Å². The smallest absolute Gasteiger partial charge is 0.122 e. The van der Waals surface area contributed by atoms with Gasteiger partial charge in [0.25, 0.3) is 0 Å². The molecule has 1 unspecified atom stereocenters. The normalized spacial score (nSPS) is 27.3. The number of para-hydroxylation sites is 1. The lowest BCUT2D eigenvalue weighted by molar-refractivity contribution is 0.229. The predicted octanol–water partition coefficient (Wildman–Crippen LogP) is 3.02. The second-order valence-electron chi connectivity index (χ2n) is 6.68. The summed E-state index contributed by atoms with van der Waals surface area (Å²) in [4.78, 5) is 2.59. The fourth-order valence-electron chi connectivity index (χ4n) is 3.82. The first-order valence-electron chi connectivity index (χ1n) is 8.37. The van der Waals surface area contributed by atoms with Gasteiger partial charge in [0.1, 0.15) is 5.75 Å². The summed E-state index contributed by atoms with van der Waals surface area (Å²) in [5.74, 6) is 1.71. The van der Waals surface area contributed by atoms with Crippen molar-refractivity contribution in [2.75, 3.05) is 26.7 Å². The number of likely N-dealkylation sites (tertiary alicyclic amines) is 1. The summed E-state index contributed by atoms with van der Waals surface area (Å²) in [6.07, 6.45) is 5.24. The molecule has 3 rings (SSSR count). The standard InChI is InChI=1S/C18H28N2O/c1-14(13-20-9-5-6-10-20)19-16-11-15(12-16)17-7-3-4-8-18(17)21-2/h3-4,7-8,14-16,19H,5-6,9-13H2,1-2H3. The molecule has 3 nitrogen and oxygen atoms in total. The van der Waals surface area contributed by atoms with E-state index in [1.54, 1.807) is 7.11 Å². The molecular weight excluding hydrogens is 260 g/mol. The highest BCUT2D eigenvalue weighted by Gasteiger charge is 2.32. The molecule has 2 fully saturated rings. The molecule has 1 aliphatic heterocycles. The van der Waals surface area contributed by atoms with Crippen LogP contribution in [0.4, 0.5) is 0 Å². The topological polar surface area (TPSA) is 24.5 Å². The van der Waals surface area contributed by atoms with Gasteiger partial charge in [-0.05, 0) is 63.2 Å². The van der Waals surface area contributed by atoms with Gasteiger partial charge < -0.3 is 15.0 Å². The van der Waals surface area contributed by atoms with E-state index in [0.717, 1.165) is 5.75 Å². The van der Waals surface area contributed by atoms with Crippen molar-refractivity contribution in [3.8, 4) is 5.75 Å². The number of rotatable bonds is 6. The molecule has 0 amide bonds. The number of benzene rings is 1. The van der Waals surface area contributed by atoms with E-state index in [1.807, 2.05) is 0 Å². The van der Waals surface area contributed by atoms with Gasteiger partial charge in [-0.15, -0.1) is 0 Å². The average molecular weight is 288 g/mol. The molecular formula is C18H28N2O. The minimum Gasteiger partial charge on any atom is -0.496 e. The highest BCUT2D eigenvalue weighted by atomic mass is 16.5. The second-order valence-corrected chi connectivity index (χ2v) is 6.68. The van der Waals surface area contributed by atoms with E-state index in [4.69, 9.17) is 4.74 Å². The molecule has 0 bridgehead atoms. The third kappa shape index (κ3) is 3.58. The molecule has 1 aromatic rings. The third-order valence-corrected chi connectivity index (χ3v) is 4.97. The molecule has 1 N–H and O–H groups in total. The summed E-state index contributed by atoms with van der Waals surface area (Å²) in [5.41, 5.74) is 1.38. The summed E-state index contributed by atoms with van der Waals surface area (Å²) in [5, 5.41) is 3.80. The number of nitrogens with one attached hydrogen (secondary N) is 1. The Balaban J connectivity index is 1.45. The van der Waals surface area contributed by atoms with Gasteiger partial charge in [-0.2, -0.15) is 0 Å². The lowest BCUT2D eigenvalue weighted by Crippen LogP contribution is -2.48. The van der Waals surface area contributed by atoms with E-state index in [2.05, 4.69) is 41.4 Å². The second kappa shape index (κ2) is 6.80. The van der Waals surface area contributed by atoms with Gasteiger partial charge in [-0.25, -0.2) is 0 Å². The number of nitrogens with zero attached hydrogens (tertiary/aromatic N) is 1. The Morgan fingerprint density at radius 2 is 1.95 bits per heavy atom. The largest absolute Gasteiger partial charge is 0.496 e. The van der Waals surface area contributed by atoms with E-state index in [1.165, 1.54) is 50.9 Å². The van der Waals surface area contributed by atoms with Gasteiger partial charge in [0.05, 0.1) is 7.11 Å². The van der Waals surface area contributed by atoms with Crippen molar-refractivity contribution < 1.29 is 4.74 Å². The van der Waals surface area contributed by atoms with E-state index >= 15 is 0 Å². The fourth-order valence-corrected chi connectivity index (χ4v) is 3.82. The van der Waals surface area contributed by atoms with Gasteiger partial charge >= 0.3 is 0 Å². The van der Waals surface area contributed by atoms with Crippen LogP contribution in [-0.2, 0) is 0 Å². The Morgan fingerprint density at radius 1 is 1.24 bits per heavy atom. The molecule has 21 heavy (non-hydrogen) atoms. The van der Waals surface area contributed by atoms with Crippen LogP contribution < -0.4 is 10.1 Å². The third-order valence-electron chi connectivity index (χ3n) is 4.97. The van der Waals surface area contributed by atoms with Crippen molar-refractivity contribution in [3.05, 3.63) is 29.8 Å². The summed E-state index contributed by atoms with van der Waals surface area (Å²) in [7, 11) is 1.77. The van der Waals surface area contributed by atoms with Gasteiger partial charge in [0, 0.05) is 18.6 Å². The molecule has 0 radical (unpaired) electrons. The van der Waals surface area contributed by atoms with Crippen molar-refractivity contribution in [3.63, 3.8) is 0 Å². The van der Waals surface area contributed by atoms with Crippen LogP contribution in [0, 0.1) is 0 Å². The van der Waals surface area contributed by atoms with Crippen LogP contribution >= 0.6 is 0 Å². The summed E-state index contributed by atoms with van der Waals surface area (Å²) >= 11 is 0. The van der Waals surface area contributed by atoms with Crippen LogP contribution in [0.1, 0.15) is 44.1 Å². The number of hydrogen-bond donors (Lipinski definition) is 1. The first-order valence-corrected chi connectivity index (χ1v) is 8.37. The van der Waals surface area contributed by atoms with Gasteiger partial charge in [-0.1, -0.05) is 18.2 Å². The van der Waals surface area contributed by atoms with Crippen molar-refractivity contribution in [1.82, 2.24) is 10.2 Å². The van der Waals surface area contributed by atoms with Gasteiger partial charge in [-0.3, -0.25) is 0 Å². The van der Waals surface area contributed by atoms with Crippen molar-refractivity contribution >= 4 is 0 Å². The molecule has 1 saturated carbocycles. The maximum Gasteiger partial charge on any atom is 0.122 e. The molecule has 1 heterocycles. The molecule has 2 aliphatic rings. The van der Waals surface area contributed by atoms with E-state index in [9.17, 15) is 0 Å². The van der Waals surface area contributed by atoms with Crippen LogP contribution in [-0.4, -0.2) is 43.7 Å².